The third-order valence-electron chi connectivity index (χ3n) is 3.73. The molecule has 0 atom stereocenters. The Labute approximate surface area is 154 Å². The summed E-state index contributed by atoms with van der Waals surface area (Å²) in [5.41, 5.74) is 1.58. The molecule has 0 unspecified atom stereocenters. The van der Waals surface area contributed by atoms with E-state index in [1.165, 1.54) is 17.8 Å². The van der Waals surface area contributed by atoms with Crippen molar-refractivity contribution in [3.63, 3.8) is 0 Å². The fourth-order valence-electron chi connectivity index (χ4n) is 2.42. The molecule has 0 saturated heterocycles. The molecule has 0 radical (unpaired) electrons. The first-order valence-corrected chi connectivity index (χ1v) is 8.86. The summed E-state index contributed by atoms with van der Waals surface area (Å²) in [5, 5.41) is 9.19. The summed E-state index contributed by atoms with van der Waals surface area (Å²) in [7, 11) is 1.61. The maximum absolute atomic E-state index is 13.4. The van der Waals surface area contributed by atoms with E-state index in [2.05, 4.69) is 16.8 Å². The van der Waals surface area contributed by atoms with Gasteiger partial charge in [0, 0.05) is 17.9 Å². The minimum atomic E-state index is -0.852. The predicted octanol–water partition coefficient (Wildman–Crippen LogP) is 4.71. The monoisotopic (exact) mass is 373 g/mol. The minimum absolute atomic E-state index is 0.453. The Hall–Kier alpha value is -2.67. The number of thioether (sulfide) groups is 1. The number of allylic oxidation sites excluding steroid dienone is 1. The molecule has 0 fully saturated rings. The highest BCUT2D eigenvalue weighted by Gasteiger charge is 2.14. The second-order valence-electron chi connectivity index (χ2n) is 5.47. The van der Waals surface area contributed by atoms with Crippen LogP contribution in [0.15, 0.2) is 60.3 Å². The van der Waals surface area contributed by atoms with E-state index in [0.717, 1.165) is 17.4 Å². The highest BCUT2D eigenvalue weighted by Crippen LogP contribution is 2.28. The molecular formula is C19H17F2N3OS. The number of benzene rings is 2. The predicted molar refractivity (Wildman–Crippen MR) is 98.1 cm³/mol. The largest absolute Gasteiger partial charge is 0.497 e. The lowest BCUT2D eigenvalue weighted by atomic mass is 10.2. The molecule has 2 aromatic carbocycles. The van der Waals surface area contributed by atoms with E-state index in [9.17, 15) is 8.78 Å². The van der Waals surface area contributed by atoms with Gasteiger partial charge >= 0.3 is 0 Å². The van der Waals surface area contributed by atoms with E-state index < -0.39 is 11.6 Å². The second kappa shape index (κ2) is 8.14. The molecule has 0 amide bonds. The van der Waals surface area contributed by atoms with Crippen molar-refractivity contribution >= 4 is 11.8 Å². The summed E-state index contributed by atoms with van der Waals surface area (Å²) in [6.07, 6.45) is 1.76. The normalized spacial score (nSPS) is 10.7. The highest BCUT2D eigenvalue weighted by molar-refractivity contribution is 7.98. The standard InChI is InChI=1S/C19H17F2N3OS/c1-3-10-24-18(14-5-7-15(25-2)8-6-14)22-23-19(24)26-12-13-4-9-16(20)17(21)11-13/h3-9,11H,1,10,12H2,2H3. The van der Waals surface area contributed by atoms with Gasteiger partial charge in [0.05, 0.1) is 7.11 Å². The van der Waals surface area contributed by atoms with E-state index in [0.29, 0.717) is 28.8 Å². The second-order valence-corrected chi connectivity index (χ2v) is 6.41. The Morgan fingerprint density at radius 2 is 1.88 bits per heavy atom. The number of ether oxygens (including phenoxy) is 1. The zero-order valence-corrected chi connectivity index (χ0v) is 15.0. The average molecular weight is 373 g/mol. The third-order valence-corrected chi connectivity index (χ3v) is 4.77. The van der Waals surface area contributed by atoms with E-state index in [1.54, 1.807) is 19.3 Å². The first kappa shape index (κ1) is 18.1. The van der Waals surface area contributed by atoms with Crippen molar-refractivity contribution in [2.45, 2.75) is 17.5 Å². The van der Waals surface area contributed by atoms with Gasteiger partial charge in [-0.25, -0.2) is 8.78 Å². The highest BCUT2D eigenvalue weighted by atomic mass is 32.2. The van der Waals surface area contributed by atoms with Gasteiger partial charge in [0.15, 0.2) is 22.6 Å². The molecule has 3 rings (SSSR count). The molecule has 1 aromatic heterocycles. The van der Waals surface area contributed by atoms with Crippen molar-refractivity contribution in [1.82, 2.24) is 14.8 Å². The summed E-state index contributed by atoms with van der Waals surface area (Å²) in [4.78, 5) is 0. The Balaban J connectivity index is 1.83. The molecule has 0 aliphatic carbocycles. The average Bonchev–Trinajstić information content (AvgIpc) is 3.06. The summed E-state index contributed by atoms with van der Waals surface area (Å²) in [6.45, 7) is 4.32. The van der Waals surface area contributed by atoms with E-state index in [4.69, 9.17) is 4.74 Å². The van der Waals surface area contributed by atoms with Gasteiger partial charge in [-0.1, -0.05) is 23.9 Å². The Kier molecular flexibility index (Phi) is 5.68. The summed E-state index contributed by atoms with van der Waals surface area (Å²) in [6, 6.07) is 11.4. The number of nitrogens with zero attached hydrogens (tertiary/aromatic N) is 3. The molecule has 134 valence electrons. The molecule has 1 heterocycles. The Bertz CT molecular complexity index is 910. The van der Waals surface area contributed by atoms with Crippen LogP contribution in [0.3, 0.4) is 0 Å². The van der Waals surface area contributed by atoms with Crippen LogP contribution in [-0.2, 0) is 12.3 Å². The van der Waals surface area contributed by atoms with Crippen LogP contribution in [0.25, 0.3) is 11.4 Å². The Morgan fingerprint density at radius 3 is 2.54 bits per heavy atom. The zero-order chi connectivity index (χ0) is 18.5. The van der Waals surface area contributed by atoms with Crippen molar-refractivity contribution in [3.8, 4) is 17.1 Å². The minimum Gasteiger partial charge on any atom is -0.497 e. The first-order valence-electron chi connectivity index (χ1n) is 7.87. The van der Waals surface area contributed by atoms with Gasteiger partial charge in [0.1, 0.15) is 5.75 Å². The lowest BCUT2D eigenvalue weighted by Gasteiger charge is -2.08. The SMILES string of the molecule is C=CCn1c(SCc2ccc(F)c(F)c2)nnc1-c1ccc(OC)cc1. The molecule has 0 N–H and O–H groups in total. The number of hydrogen-bond donors (Lipinski definition) is 0. The quantitative estimate of drug-likeness (QED) is 0.444. The van der Waals surface area contributed by atoms with Crippen molar-refractivity contribution in [2.75, 3.05) is 7.11 Å². The van der Waals surface area contributed by atoms with Gasteiger partial charge in [-0.15, -0.1) is 16.8 Å². The molecule has 0 spiro atoms. The molecule has 3 aromatic rings. The van der Waals surface area contributed by atoms with Crippen LogP contribution in [0, 0.1) is 11.6 Å². The molecule has 0 bridgehead atoms. The van der Waals surface area contributed by atoms with E-state index in [-0.39, 0.29) is 0 Å². The van der Waals surface area contributed by atoms with Gasteiger partial charge in [0.2, 0.25) is 0 Å². The molecule has 0 aliphatic heterocycles. The zero-order valence-electron chi connectivity index (χ0n) is 14.2. The smallest absolute Gasteiger partial charge is 0.192 e. The van der Waals surface area contributed by atoms with Crippen molar-refractivity contribution in [3.05, 3.63) is 72.3 Å². The van der Waals surface area contributed by atoms with Crippen LogP contribution in [0.4, 0.5) is 8.78 Å². The molecule has 4 nitrogen and oxygen atoms in total. The van der Waals surface area contributed by atoms with Crippen LogP contribution in [-0.4, -0.2) is 21.9 Å². The number of hydrogen-bond acceptors (Lipinski definition) is 4. The summed E-state index contributed by atoms with van der Waals surface area (Å²) in [5.74, 6) is 0.219. The summed E-state index contributed by atoms with van der Waals surface area (Å²) >= 11 is 1.41. The molecular weight excluding hydrogens is 356 g/mol. The number of aromatic nitrogens is 3. The van der Waals surface area contributed by atoms with Crippen molar-refractivity contribution < 1.29 is 13.5 Å². The van der Waals surface area contributed by atoms with Crippen molar-refractivity contribution in [2.24, 2.45) is 0 Å². The molecule has 0 saturated carbocycles. The maximum Gasteiger partial charge on any atom is 0.192 e. The lowest BCUT2D eigenvalue weighted by molar-refractivity contribution is 0.415. The van der Waals surface area contributed by atoms with Gasteiger partial charge in [0.25, 0.3) is 0 Å². The van der Waals surface area contributed by atoms with Crippen LogP contribution in [0.1, 0.15) is 5.56 Å². The summed E-state index contributed by atoms with van der Waals surface area (Å²) < 4.78 is 33.5. The molecule has 0 aliphatic rings. The number of rotatable bonds is 7. The van der Waals surface area contributed by atoms with Crippen LogP contribution >= 0.6 is 11.8 Å². The fourth-order valence-corrected chi connectivity index (χ4v) is 3.31. The Morgan fingerprint density at radius 1 is 1.12 bits per heavy atom. The van der Waals surface area contributed by atoms with Crippen LogP contribution in [0.5, 0.6) is 5.75 Å². The lowest BCUT2D eigenvalue weighted by Crippen LogP contribution is -2.01. The first-order chi connectivity index (χ1) is 12.6. The molecule has 26 heavy (non-hydrogen) atoms. The maximum atomic E-state index is 13.4. The van der Waals surface area contributed by atoms with Crippen LogP contribution < -0.4 is 4.74 Å². The number of halogens is 2. The van der Waals surface area contributed by atoms with Gasteiger partial charge < -0.3 is 4.74 Å². The molecule has 7 heteroatoms. The van der Waals surface area contributed by atoms with Crippen molar-refractivity contribution in [1.29, 1.82) is 0 Å². The van der Waals surface area contributed by atoms with Gasteiger partial charge in [-0.3, -0.25) is 4.57 Å². The van der Waals surface area contributed by atoms with Crippen LogP contribution in [0.2, 0.25) is 0 Å². The third kappa shape index (κ3) is 3.94. The van der Waals surface area contributed by atoms with E-state index in [1.807, 2.05) is 28.8 Å². The van der Waals surface area contributed by atoms with Gasteiger partial charge in [-0.2, -0.15) is 0 Å². The van der Waals surface area contributed by atoms with E-state index >= 15 is 0 Å². The van der Waals surface area contributed by atoms with Gasteiger partial charge in [-0.05, 0) is 42.0 Å². The fraction of sp³-hybridized carbons (Fsp3) is 0.158. The number of methoxy groups -OCH3 is 1. The topological polar surface area (TPSA) is 39.9 Å².